The summed E-state index contributed by atoms with van der Waals surface area (Å²) in [7, 11) is -4.20. The molecule has 0 saturated heterocycles. The molecule has 0 radical (unpaired) electrons. The SMILES string of the molecule is Cc1ccc(OS(=O)(=O)c2ccc([N+](=O)[O-])cc2)c(C(CCN(C(C)C)C(C)C)c2ccccc2)c1. The standard InChI is InChI=1S/C28H34N2O5S/c1-20(2)29(21(3)4)18-17-26(23-9-7-6-8-10-23)27-19-22(5)11-16-28(27)35-36(33,34)25-14-12-24(13-15-25)30(31)32/h6-16,19-21,26H,17-18H2,1-5H3. The van der Waals surface area contributed by atoms with Crippen LogP contribution in [0.3, 0.4) is 0 Å². The minimum absolute atomic E-state index is 0.0897. The molecule has 1 unspecified atom stereocenters. The maximum atomic E-state index is 13.1. The molecule has 0 aliphatic carbocycles. The molecule has 192 valence electrons. The van der Waals surface area contributed by atoms with E-state index >= 15 is 0 Å². The van der Waals surface area contributed by atoms with E-state index in [0.717, 1.165) is 41.8 Å². The van der Waals surface area contributed by atoms with Gasteiger partial charge >= 0.3 is 10.1 Å². The van der Waals surface area contributed by atoms with Gasteiger partial charge in [-0.2, -0.15) is 8.42 Å². The molecule has 0 aromatic heterocycles. The Hall–Kier alpha value is -3.23. The van der Waals surface area contributed by atoms with Gasteiger partial charge in [-0.25, -0.2) is 0 Å². The molecule has 0 bridgehead atoms. The maximum absolute atomic E-state index is 13.1. The van der Waals surface area contributed by atoms with Crippen LogP contribution in [0.2, 0.25) is 0 Å². The monoisotopic (exact) mass is 510 g/mol. The van der Waals surface area contributed by atoms with Crippen LogP contribution in [-0.4, -0.2) is 36.9 Å². The summed E-state index contributed by atoms with van der Waals surface area (Å²) in [4.78, 5) is 12.7. The van der Waals surface area contributed by atoms with Gasteiger partial charge in [-0.05, 0) is 71.3 Å². The number of hydrogen-bond donors (Lipinski definition) is 0. The number of nitrogens with zero attached hydrogens (tertiary/aromatic N) is 2. The highest BCUT2D eigenvalue weighted by molar-refractivity contribution is 7.87. The van der Waals surface area contributed by atoms with Gasteiger partial charge in [-0.1, -0.05) is 48.0 Å². The highest BCUT2D eigenvalue weighted by Crippen LogP contribution is 2.37. The summed E-state index contributed by atoms with van der Waals surface area (Å²) in [5.41, 5.74) is 2.68. The van der Waals surface area contributed by atoms with Crippen molar-refractivity contribution in [3.05, 3.63) is 99.6 Å². The maximum Gasteiger partial charge on any atom is 0.339 e. The van der Waals surface area contributed by atoms with E-state index in [9.17, 15) is 18.5 Å². The number of hydrogen-bond acceptors (Lipinski definition) is 6. The fourth-order valence-electron chi connectivity index (χ4n) is 4.49. The van der Waals surface area contributed by atoms with E-state index in [1.807, 2.05) is 37.3 Å². The zero-order valence-corrected chi connectivity index (χ0v) is 22.2. The van der Waals surface area contributed by atoms with Crippen molar-refractivity contribution >= 4 is 15.8 Å². The van der Waals surface area contributed by atoms with E-state index in [2.05, 4.69) is 44.7 Å². The molecule has 0 fully saturated rings. The van der Waals surface area contributed by atoms with E-state index in [0.29, 0.717) is 12.1 Å². The van der Waals surface area contributed by atoms with Gasteiger partial charge in [0.25, 0.3) is 5.69 Å². The fraction of sp³-hybridized carbons (Fsp3) is 0.357. The van der Waals surface area contributed by atoms with Crippen LogP contribution in [0, 0.1) is 17.0 Å². The highest BCUT2D eigenvalue weighted by Gasteiger charge is 2.25. The van der Waals surface area contributed by atoms with Gasteiger partial charge in [0.15, 0.2) is 0 Å². The molecule has 0 spiro atoms. The Morgan fingerprint density at radius 3 is 2.08 bits per heavy atom. The molecule has 0 amide bonds. The van der Waals surface area contributed by atoms with E-state index in [4.69, 9.17) is 4.18 Å². The van der Waals surface area contributed by atoms with Gasteiger partial charge in [-0.3, -0.25) is 15.0 Å². The molecule has 0 saturated carbocycles. The smallest absolute Gasteiger partial charge is 0.339 e. The number of rotatable bonds is 11. The first-order valence-corrected chi connectivity index (χ1v) is 13.5. The molecule has 7 nitrogen and oxygen atoms in total. The largest absolute Gasteiger partial charge is 0.379 e. The summed E-state index contributed by atoms with van der Waals surface area (Å²) in [6.45, 7) is 11.5. The van der Waals surface area contributed by atoms with Crippen molar-refractivity contribution < 1.29 is 17.5 Å². The van der Waals surface area contributed by atoms with Crippen molar-refractivity contribution in [2.24, 2.45) is 0 Å². The lowest BCUT2D eigenvalue weighted by Crippen LogP contribution is -2.38. The number of benzene rings is 3. The van der Waals surface area contributed by atoms with Gasteiger partial charge in [0.05, 0.1) is 4.92 Å². The van der Waals surface area contributed by atoms with E-state index in [1.54, 1.807) is 6.07 Å². The van der Waals surface area contributed by atoms with Gasteiger partial charge in [0.1, 0.15) is 10.6 Å². The molecule has 1 atom stereocenters. The first kappa shape index (κ1) is 27.4. The minimum atomic E-state index is -4.20. The molecule has 0 aliphatic rings. The summed E-state index contributed by atoms with van der Waals surface area (Å²) in [5.74, 6) is 0.168. The first-order chi connectivity index (χ1) is 17.0. The third-order valence-electron chi connectivity index (χ3n) is 6.28. The summed E-state index contributed by atoms with van der Waals surface area (Å²) in [5, 5.41) is 11.0. The summed E-state index contributed by atoms with van der Waals surface area (Å²) in [6, 6.07) is 21.0. The average Bonchev–Trinajstić information content (AvgIpc) is 2.83. The molecule has 8 heteroatoms. The normalized spacial score (nSPS) is 12.8. The quantitative estimate of drug-likeness (QED) is 0.171. The van der Waals surface area contributed by atoms with Crippen molar-refractivity contribution in [2.45, 2.75) is 63.9 Å². The number of non-ortho nitro benzene ring substituents is 1. The summed E-state index contributed by atoms with van der Waals surface area (Å²) < 4.78 is 31.9. The average molecular weight is 511 g/mol. The van der Waals surface area contributed by atoms with Crippen LogP contribution in [0.25, 0.3) is 0 Å². The number of nitro benzene ring substituents is 1. The topological polar surface area (TPSA) is 89.8 Å². The Labute approximate surface area is 214 Å². The second-order valence-corrected chi connectivity index (χ2v) is 11.1. The molecule has 0 N–H and O–H groups in total. The molecule has 0 aliphatic heterocycles. The van der Waals surface area contributed by atoms with E-state index in [-0.39, 0.29) is 22.3 Å². The van der Waals surface area contributed by atoms with E-state index in [1.165, 1.54) is 12.1 Å². The Kier molecular flexibility index (Phi) is 8.87. The molecule has 36 heavy (non-hydrogen) atoms. The molecular weight excluding hydrogens is 476 g/mol. The van der Waals surface area contributed by atoms with Crippen LogP contribution >= 0.6 is 0 Å². The van der Waals surface area contributed by atoms with Crippen molar-refractivity contribution in [3.63, 3.8) is 0 Å². The Bertz CT molecular complexity index is 1270. The second-order valence-electron chi connectivity index (χ2n) is 9.51. The van der Waals surface area contributed by atoms with Crippen LogP contribution in [0.5, 0.6) is 5.75 Å². The van der Waals surface area contributed by atoms with Gasteiger partial charge in [0.2, 0.25) is 0 Å². The minimum Gasteiger partial charge on any atom is -0.379 e. The van der Waals surface area contributed by atoms with Crippen molar-refractivity contribution in [1.82, 2.24) is 4.90 Å². The molecule has 3 aromatic rings. The highest BCUT2D eigenvalue weighted by atomic mass is 32.2. The predicted octanol–water partition coefficient (Wildman–Crippen LogP) is 6.31. The molecular formula is C28H34N2O5S. The van der Waals surface area contributed by atoms with Gasteiger partial charge in [-0.15, -0.1) is 0 Å². The van der Waals surface area contributed by atoms with Crippen molar-refractivity contribution in [2.75, 3.05) is 6.54 Å². The molecule has 3 rings (SSSR count). The summed E-state index contributed by atoms with van der Waals surface area (Å²) in [6.07, 6.45) is 0.776. The van der Waals surface area contributed by atoms with Crippen molar-refractivity contribution in [1.29, 1.82) is 0 Å². The third kappa shape index (κ3) is 6.71. The lowest BCUT2D eigenvalue weighted by Gasteiger charge is -2.32. The van der Waals surface area contributed by atoms with Gasteiger partial charge in [0, 0.05) is 35.7 Å². The van der Waals surface area contributed by atoms with Crippen molar-refractivity contribution in [3.8, 4) is 5.75 Å². The zero-order chi connectivity index (χ0) is 26.5. The van der Waals surface area contributed by atoms with Crippen LogP contribution in [0.4, 0.5) is 5.69 Å². The van der Waals surface area contributed by atoms with Crippen LogP contribution in [-0.2, 0) is 10.1 Å². The summed E-state index contributed by atoms with van der Waals surface area (Å²) >= 11 is 0. The molecule has 3 aromatic carbocycles. The zero-order valence-electron chi connectivity index (χ0n) is 21.4. The van der Waals surface area contributed by atoms with E-state index < -0.39 is 15.0 Å². The lowest BCUT2D eigenvalue weighted by atomic mass is 9.87. The van der Waals surface area contributed by atoms with Crippen LogP contribution < -0.4 is 4.18 Å². The predicted molar refractivity (Wildman–Crippen MR) is 142 cm³/mol. The number of aryl methyl sites for hydroxylation is 1. The third-order valence-corrected chi connectivity index (χ3v) is 7.53. The Morgan fingerprint density at radius 2 is 1.53 bits per heavy atom. The second kappa shape index (κ2) is 11.7. The Balaban J connectivity index is 2.01. The van der Waals surface area contributed by atoms with Crippen LogP contribution in [0.15, 0.2) is 77.7 Å². The lowest BCUT2D eigenvalue weighted by molar-refractivity contribution is -0.384. The molecule has 0 heterocycles. The van der Waals surface area contributed by atoms with Crippen LogP contribution in [0.1, 0.15) is 56.7 Å². The van der Waals surface area contributed by atoms with Gasteiger partial charge < -0.3 is 4.18 Å². The number of nitro groups is 1. The Morgan fingerprint density at radius 1 is 0.917 bits per heavy atom. The first-order valence-electron chi connectivity index (χ1n) is 12.1. The fourth-order valence-corrected chi connectivity index (χ4v) is 5.45.